The van der Waals surface area contributed by atoms with Gasteiger partial charge in [0.2, 0.25) is 0 Å². The van der Waals surface area contributed by atoms with Crippen molar-refractivity contribution < 1.29 is 9.90 Å². The monoisotopic (exact) mass is 314 g/mol. The number of thioether (sulfide) groups is 1. The lowest BCUT2D eigenvalue weighted by Gasteiger charge is -2.19. The number of fused-ring (bicyclic) bond motifs is 1. The van der Waals surface area contributed by atoms with E-state index in [0.717, 1.165) is 21.7 Å². The smallest absolute Gasteiger partial charge is 0.319 e. The molecule has 2 aromatic carbocycles. The van der Waals surface area contributed by atoms with Crippen molar-refractivity contribution in [3.63, 3.8) is 0 Å². The standard InChI is InChI=1S/C17H18N2O2S/c1-22-15-9-5-4-8-13(15)18-17(21)19-16-12-7-3-2-6-11(12)10-14(16)20/h2-9,14,16,20H,10H2,1H3,(H2,18,19,21)/t14-,16+/m0/s1. The molecule has 114 valence electrons. The van der Waals surface area contributed by atoms with E-state index in [4.69, 9.17) is 0 Å². The summed E-state index contributed by atoms with van der Waals surface area (Å²) in [7, 11) is 0. The van der Waals surface area contributed by atoms with Crippen LogP contribution in [0.25, 0.3) is 0 Å². The van der Waals surface area contributed by atoms with E-state index >= 15 is 0 Å². The molecule has 1 aliphatic rings. The SMILES string of the molecule is CSc1ccccc1NC(=O)N[C@@H]1c2ccccc2C[C@@H]1O. The van der Waals surface area contributed by atoms with Gasteiger partial charge in [0.1, 0.15) is 0 Å². The zero-order valence-corrected chi connectivity index (χ0v) is 13.1. The van der Waals surface area contributed by atoms with E-state index in [-0.39, 0.29) is 12.1 Å². The second-order valence-corrected chi connectivity index (χ2v) is 6.09. The van der Waals surface area contributed by atoms with Crippen LogP contribution < -0.4 is 10.6 Å². The average molecular weight is 314 g/mol. The van der Waals surface area contributed by atoms with Gasteiger partial charge in [0, 0.05) is 11.3 Å². The first-order chi connectivity index (χ1) is 10.7. The number of aliphatic hydroxyl groups excluding tert-OH is 1. The molecule has 0 aliphatic heterocycles. The summed E-state index contributed by atoms with van der Waals surface area (Å²) >= 11 is 1.58. The highest BCUT2D eigenvalue weighted by Gasteiger charge is 2.31. The lowest BCUT2D eigenvalue weighted by atomic mass is 10.1. The van der Waals surface area contributed by atoms with Crippen molar-refractivity contribution in [1.29, 1.82) is 0 Å². The Kier molecular flexibility index (Phi) is 4.36. The molecule has 0 radical (unpaired) electrons. The summed E-state index contributed by atoms with van der Waals surface area (Å²) in [5.74, 6) is 0. The number of nitrogens with one attached hydrogen (secondary N) is 2. The maximum atomic E-state index is 12.2. The van der Waals surface area contributed by atoms with Gasteiger partial charge < -0.3 is 15.7 Å². The van der Waals surface area contributed by atoms with Gasteiger partial charge in [-0.1, -0.05) is 36.4 Å². The van der Waals surface area contributed by atoms with E-state index in [0.29, 0.717) is 6.42 Å². The number of aliphatic hydroxyl groups is 1. The number of anilines is 1. The topological polar surface area (TPSA) is 61.4 Å². The summed E-state index contributed by atoms with van der Waals surface area (Å²) in [5.41, 5.74) is 2.85. The van der Waals surface area contributed by atoms with Crippen molar-refractivity contribution in [2.24, 2.45) is 0 Å². The fourth-order valence-electron chi connectivity index (χ4n) is 2.80. The maximum absolute atomic E-state index is 12.2. The van der Waals surface area contributed by atoms with Crippen LogP contribution in [0.2, 0.25) is 0 Å². The van der Waals surface area contributed by atoms with Gasteiger partial charge in [0.25, 0.3) is 0 Å². The lowest BCUT2D eigenvalue weighted by molar-refractivity contribution is 0.144. The Bertz CT molecular complexity index is 690. The third-order valence-corrected chi connectivity index (χ3v) is 4.64. The van der Waals surface area contributed by atoms with E-state index in [1.807, 2.05) is 54.8 Å². The molecule has 3 rings (SSSR count). The fraction of sp³-hybridized carbons (Fsp3) is 0.235. The Morgan fingerprint density at radius 1 is 1.18 bits per heavy atom. The summed E-state index contributed by atoms with van der Waals surface area (Å²) < 4.78 is 0. The first-order valence-electron chi connectivity index (χ1n) is 7.15. The molecule has 2 atom stereocenters. The zero-order valence-electron chi connectivity index (χ0n) is 12.2. The lowest BCUT2D eigenvalue weighted by Crippen LogP contribution is -2.36. The Morgan fingerprint density at radius 3 is 2.73 bits per heavy atom. The Balaban J connectivity index is 1.72. The highest BCUT2D eigenvalue weighted by atomic mass is 32.2. The molecule has 0 saturated carbocycles. The molecule has 4 nitrogen and oxygen atoms in total. The number of carbonyl (C=O) groups excluding carboxylic acids is 1. The van der Waals surface area contributed by atoms with Crippen LogP contribution in [0.5, 0.6) is 0 Å². The molecule has 0 bridgehead atoms. The maximum Gasteiger partial charge on any atom is 0.319 e. The second kappa shape index (κ2) is 6.42. The number of para-hydroxylation sites is 1. The third-order valence-electron chi connectivity index (χ3n) is 3.85. The van der Waals surface area contributed by atoms with E-state index in [1.54, 1.807) is 11.8 Å². The van der Waals surface area contributed by atoms with Crippen LogP contribution in [0.4, 0.5) is 10.5 Å². The molecule has 2 amide bonds. The van der Waals surface area contributed by atoms with Crippen LogP contribution in [0.1, 0.15) is 17.2 Å². The first kappa shape index (κ1) is 14.9. The van der Waals surface area contributed by atoms with Gasteiger partial charge in [-0.15, -0.1) is 11.8 Å². The average Bonchev–Trinajstić information content (AvgIpc) is 2.84. The summed E-state index contributed by atoms with van der Waals surface area (Å²) in [5, 5.41) is 15.9. The number of amides is 2. The van der Waals surface area contributed by atoms with E-state index in [1.165, 1.54) is 0 Å². The van der Waals surface area contributed by atoms with Gasteiger partial charge in [-0.3, -0.25) is 0 Å². The van der Waals surface area contributed by atoms with E-state index in [2.05, 4.69) is 10.6 Å². The molecule has 1 aliphatic carbocycles. The number of hydrogen-bond acceptors (Lipinski definition) is 3. The van der Waals surface area contributed by atoms with Gasteiger partial charge >= 0.3 is 6.03 Å². The predicted octanol–water partition coefficient (Wildman–Crippen LogP) is 3.19. The summed E-state index contributed by atoms with van der Waals surface area (Å²) in [4.78, 5) is 13.3. The van der Waals surface area contributed by atoms with Crippen molar-refractivity contribution in [1.82, 2.24) is 5.32 Å². The van der Waals surface area contributed by atoms with E-state index in [9.17, 15) is 9.90 Å². The molecule has 3 N–H and O–H groups in total. The van der Waals surface area contributed by atoms with Gasteiger partial charge in [0.15, 0.2) is 0 Å². The minimum atomic E-state index is -0.584. The third kappa shape index (κ3) is 2.96. The Labute approximate surface area is 133 Å². The number of hydrogen-bond donors (Lipinski definition) is 3. The second-order valence-electron chi connectivity index (χ2n) is 5.25. The summed E-state index contributed by atoms with van der Waals surface area (Å²) in [6.07, 6.45) is 1.96. The van der Waals surface area contributed by atoms with Crippen LogP contribution in [0, 0.1) is 0 Å². The summed E-state index contributed by atoms with van der Waals surface area (Å²) in [6.45, 7) is 0. The normalized spacial score (nSPS) is 19.5. The van der Waals surface area contributed by atoms with Crippen molar-refractivity contribution in [3.8, 4) is 0 Å². The molecule has 5 heteroatoms. The van der Waals surface area contributed by atoms with Gasteiger partial charge in [-0.2, -0.15) is 0 Å². The van der Waals surface area contributed by atoms with Crippen LogP contribution >= 0.6 is 11.8 Å². The number of rotatable bonds is 3. The van der Waals surface area contributed by atoms with Crippen LogP contribution in [0.3, 0.4) is 0 Å². The molecule has 0 heterocycles. The summed E-state index contributed by atoms with van der Waals surface area (Å²) in [6, 6.07) is 14.8. The molecule has 22 heavy (non-hydrogen) atoms. The first-order valence-corrected chi connectivity index (χ1v) is 8.38. The molecule has 2 aromatic rings. The number of benzene rings is 2. The molecule has 0 unspecified atom stereocenters. The van der Waals surface area contributed by atoms with Gasteiger partial charge in [-0.05, 0) is 29.5 Å². The Morgan fingerprint density at radius 2 is 1.91 bits per heavy atom. The largest absolute Gasteiger partial charge is 0.390 e. The van der Waals surface area contributed by atoms with Crippen LogP contribution in [0.15, 0.2) is 53.4 Å². The minimum Gasteiger partial charge on any atom is -0.390 e. The molecule has 0 saturated heterocycles. The van der Waals surface area contributed by atoms with Crippen molar-refractivity contribution in [2.45, 2.75) is 23.5 Å². The number of carbonyl (C=O) groups is 1. The van der Waals surface area contributed by atoms with Crippen molar-refractivity contribution in [3.05, 3.63) is 59.7 Å². The highest BCUT2D eigenvalue weighted by molar-refractivity contribution is 7.98. The predicted molar refractivity (Wildman–Crippen MR) is 89.3 cm³/mol. The Hall–Kier alpha value is -1.98. The molecular weight excluding hydrogens is 296 g/mol. The van der Waals surface area contributed by atoms with Gasteiger partial charge in [-0.25, -0.2) is 4.79 Å². The molecule has 0 aromatic heterocycles. The quantitative estimate of drug-likeness (QED) is 0.763. The molecule has 0 spiro atoms. The van der Waals surface area contributed by atoms with Crippen molar-refractivity contribution >= 4 is 23.5 Å². The molecule has 0 fully saturated rings. The fourth-order valence-corrected chi connectivity index (χ4v) is 3.35. The van der Waals surface area contributed by atoms with Crippen molar-refractivity contribution in [2.75, 3.05) is 11.6 Å². The van der Waals surface area contributed by atoms with E-state index < -0.39 is 6.10 Å². The zero-order chi connectivity index (χ0) is 15.5. The van der Waals surface area contributed by atoms with Crippen LogP contribution in [-0.4, -0.2) is 23.5 Å². The van der Waals surface area contributed by atoms with Crippen LogP contribution in [-0.2, 0) is 6.42 Å². The highest BCUT2D eigenvalue weighted by Crippen LogP contribution is 2.31. The minimum absolute atomic E-state index is 0.303. The molecular formula is C17H18N2O2S. The number of urea groups is 1. The van der Waals surface area contributed by atoms with Gasteiger partial charge in [0.05, 0.1) is 17.8 Å².